The number of piperidine rings is 1. The smallest absolute Gasteiger partial charge is 0.416 e. The monoisotopic (exact) mass is 485 g/mol. The molecule has 1 atom stereocenters. The first-order valence-corrected chi connectivity index (χ1v) is 13.6. The van der Waals surface area contributed by atoms with Crippen LogP contribution in [0.25, 0.3) is 0 Å². The van der Waals surface area contributed by atoms with Crippen molar-refractivity contribution >= 4 is 21.9 Å². The number of amides is 1. The van der Waals surface area contributed by atoms with Crippen molar-refractivity contribution in [1.29, 1.82) is 0 Å². The second-order valence-corrected chi connectivity index (χ2v) is 12.2. The lowest BCUT2D eigenvalue weighted by molar-refractivity contribution is 0.0548. The van der Waals surface area contributed by atoms with Crippen molar-refractivity contribution in [1.82, 2.24) is 9.29 Å². The van der Waals surface area contributed by atoms with E-state index in [0.717, 1.165) is 49.7 Å². The molecule has 0 radical (unpaired) electrons. The molecule has 1 aromatic carbocycles. The second kappa shape index (κ2) is 9.66. The number of rotatable bonds is 5. The highest BCUT2D eigenvalue weighted by atomic mass is 32.2. The number of hydrogen-bond donors (Lipinski definition) is 0. The Bertz CT molecular complexity index is 1100. The summed E-state index contributed by atoms with van der Waals surface area (Å²) >= 11 is 0. The van der Waals surface area contributed by atoms with E-state index in [1.54, 1.807) is 27.5 Å². The SMILES string of the molecule is Cc1ccc(S(=O)(=O)N2CCCC[C@H]2c2ccc(N(C(=O)OC(C)(C)C)C3CCC3)nc2)cc1. The van der Waals surface area contributed by atoms with E-state index in [1.807, 2.05) is 52.0 Å². The molecule has 1 amide bonds. The molecule has 0 bridgehead atoms. The zero-order valence-corrected chi connectivity index (χ0v) is 21.3. The van der Waals surface area contributed by atoms with Gasteiger partial charge in [-0.25, -0.2) is 18.2 Å². The maximum Gasteiger partial charge on any atom is 0.416 e. The molecular weight excluding hydrogens is 450 g/mol. The zero-order chi connectivity index (χ0) is 24.5. The van der Waals surface area contributed by atoms with E-state index in [2.05, 4.69) is 4.98 Å². The molecule has 184 valence electrons. The minimum atomic E-state index is -3.62. The van der Waals surface area contributed by atoms with Crippen molar-refractivity contribution in [3.63, 3.8) is 0 Å². The van der Waals surface area contributed by atoms with Crippen LogP contribution in [-0.4, -0.2) is 42.0 Å². The average molecular weight is 486 g/mol. The van der Waals surface area contributed by atoms with Gasteiger partial charge in [0.1, 0.15) is 11.4 Å². The zero-order valence-electron chi connectivity index (χ0n) is 20.5. The molecule has 1 aromatic heterocycles. The molecule has 7 nitrogen and oxygen atoms in total. The van der Waals surface area contributed by atoms with E-state index in [9.17, 15) is 13.2 Å². The summed E-state index contributed by atoms with van der Waals surface area (Å²) in [7, 11) is -3.62. The van der Waals surface area contributed by atoms with Crippen LogP contribution in [0.15, 0.2) is 47.5 Å². The van der Waals surface area contributed by atoms with Crippen molar-refractivity contribution in [3.8, 4) is 0 Å². The summed E-state index contributed by atoms with van der Waals surface area (Å²) in [6.07, 6.45) is 6.79. The molecule has 2 aliphatic rings. The van der Waals surface area contributed by atoms with Crippen LogP contribution in [0, 0.1) is 6.92 Å². The van der Waals surface area contributed by atoms with Gasteiger partial charge in [0, 0.05) is 18.8 Å². The molecule has 8 heteroatoms. The number of pyridine rings is 1. The lowest BCUT2D eigenvalue weighted by atomic mass is 9.91. The predicted molar refractivity (Wildman–Crippen MR) is 132 cm³/mol. The summed E-state index contributed by atoms with van der Waals surface area (Å²) in [4.78, 5) is 19.5. The largest absolute Gasteiger partial charge is 0.443 e. The van der Waals surface area contributed by atoms with Gasteiger partial charge in [-0.2, -0.15) is 4.31 Å². The molecule has 1 saturated carbocycles. The van der Waals surface area contributed by atoms with E-state index >= 15 is 0 Å². The highest BCUT2D eigenvalue weighted by Gasteiger charge is 2.36. The Morgan fingerprint density at radius 2 is 1.74 bits per heavy atom. The van der Waals surface area contributed by atoms with Crippen LogP contribution in [0.5, 0.6) is 0 Å². The number of sulfonamides is 1. The fraction of sp³-hybridized carbons (Fsp3) is 0.538. The number of benzene rings is 1. The third-order valence-corrected chi connectivity index (χ3v) is 8.44. The second-order valence-electron chi connectivity index (χ2n) is 10.3. The van der Waals surface area contributed by atoms with Crippen molar-refractivity contribution in [2.24, 2.45) is 0 Å². The quantitative estimate of drug-likeness (QED) is 0.551. The molecular formula is C26H35N3O4S. The highest BCUT2D eigenvalue weighted by Crippen LogP contribution is 2.36. The summed E-state index contributed by atoms with van der Waals surface area (Å²) in [6, 6.07) is 10.5. The fourth-order valence-electron chi connectivity index (χ4n) is 4.49. The summed E-state index contributed by atoms with van der Waals surface area (Å²) in [5, 5.41) is 0. The summed E-state index contributed by atoms with van der Waals surface area (Å²) < 4.78 is 34.1. The van der Waals surface area contributed by atoms with Gasteiger partial charge in [-0.1, -0.05) is 30.2 Å². The van der Waals surface area contributed by atoms with Crippen LogP contribution >= 0.6 is 0 Å². The van der Waals surface area contributed by atoms with Crippen molar-refractivity contribution in [3.05, 3.63) is 53.7 Å². The molecule has 4 rings (SSSR count). The summed E-state index contributed by atoms with van der Waals surface area (Å²) in [6.45, 7) is 7.98. The minimum absolute atomic E-state index is 0.0845. The van der Waals surface area contributed by atoms with E-state index in [1.165, 1.54) is 0 Å². The van der Waals surface area contributed by atoms with E-state index < -0.39 is 21.7 Å². The van der Waals surface area contributed by atoms with Gasteiger partial charge in [0.15, 0.2) is 0 Å². The highest BCUT2D eigenvalue weighted by molar-refractivity contribution is 7.89. The molecule has 2 fully saturated rings. The third kappa shape index (κ3) is 5.28. The Morgan fingerprint density at radius 1 is 1.03 bits per heavy atom. The van der Waals surface area contributed by atoms with Crippen molar-refractivity contribution < 1.29 is 17.9 Å². The Morgan fingerprint density at radius 3 is 2.29 bits per heavy atom. The van der Waals surface area contributed by atoms with Crippen molar-refractivity contribution in [2.75, 3.05) is 11.4 Å². The first-order chi connectivity index (χ1) is 16.1. The number of carbonyl (C=O) groups excluding carboxylic acids is 1. The van der Waals surface area contributed by atoms with Crippen LogP contribution in [0.3, 0.4) is 0 Å². The number of carbonyl (C=O) groups is 1. The molecule has 34 heavy (non-hydrogen) atoms. The van der Waals surface area contributed by atoms with Gasteiger partial charge in [0.05, 0.1) is 10.9 Å². The lowest BCUT2D eigenvalue weighted by Crippen LogP contribution is -2.47. The topological polar surface area (TPSA) is 79.8 Å². The number of aryl methyl sites for hydroxylation is 1. The minimum Gasteiger partial charge on any atom is -0.443 e. The Labute approximate surface area is 203 Å². The van der Waals surface area contributed by atoms with Gasteiger partial charge in [-0.3, -0.25) is 4.90 Å². The van der Waals surface area contributed by atoms with Gasteiger partial charge in [0.25, 0.3) is 0 Å². The number of aromatic nitrogens is 1. The molecule has 0 N–H and O–H groups in total. The van der Waals surface area contributed by atoms with Crippen molar-refractivity contribution in [2.45, 2.75) is 88.8 Å². The third-order valence-electron chi connectivity index (χ3n) is 6.51. The fourth-order valence-corrected chi connectivity index (χ4v) is 6.18. The van der Waals surface area contributed by atoms with E-state index in [-0.39, 0.29) is 12.1 Å². The molecule has 1 aliphatic carbocycles. The summed E-state index contributed by atoms with van der Waals surface area (Å²) in [5.41, 5.74) is 1.28. The number of anilines is 1. The van der Waals surface area contributed by atoms with Gasteiger partial charge >= 0.3 is 6.09 Å². The van der Waals surface area contributed by atoms with Crippen LogP contribution in [0.4, 0.5) is 10.6 Å². The molecule has 1 aliphatic heterocycles. The first kappa shape index (κ1) is 24.7. The van der Waals surface area contributed by atoms with Crippen LogP contribution in [-0.2, 0) is 14.8 Å². The number of ether oxygens (including phenoxy) is 1. The predicted octanol–water partition coefficient (Wildman–Crippen LogP) is 5.60. The van der Waals surface area contributed by atoms with Gasteiger partial charge in [-0.15, -0.1) is 0 Å². The number of hydrogen-bond acceptors (Lipinski definition) is 5. The van der Waals surface area contributed by atoms with Gasteiger partial charge in [-0.05, 0) is 83.6 Å². The van der Waals surface area contributed by atoms with Crippen LogP contribution in [0.2, 0.25) is 0 Å². The maximum absolute atomic E-state index is 13.5. The van der Waals surface area contributed by atoms with Gasteiger partial charge < -0.3 is 4.74 Å². The standard InChI is InChI=1S/C26H35N3O4S/c1-19-11-14-22(15-12-19)34(31,32)28-17-6-5-10-23(28)20-13-16-24(27-18-20)29(21-8-7-9-21)25(30)33-26(2,3)4/h11-16,18,21,23H,5-10,17H2,1-4H3/t23-/m0/s1. The lowest BCUT2D eigenvalue weighted by Gasteiger charge is -2.38. The normalized spacial score (nSPS) is 19.9. The molecule has 0 spiro atoms. The molecule has 2 heterocycles. The summed E-state index contributed by atoms with van der Waals surface area (Å²) in [5.74, 6) is 0.548. The van der Waals surface area contributed by atoms with Gasteiger partial charge in [0.2, 0.25) is 10.0 Å². The molecule has 2 aromatic rings. The molecule has 0 unspecified atom stereocenters. The maximum atomic E-state index is 13.5. The Hall–Kier alpha value is -2.45. The number of nitrogens with zero attached hydrogens (tertiary/aromatic N) is 3. The Kier molecular flexibility index (Phi) is 7.01. The average Bonchev–Trinajstić information content (AvgIpc) is 2.75. The Balaban J connectivity index is 1.60. The van der Waals surface area contributed by atoms with E-state index in [0.29, 0.717) is 17.3 Å². The first-order valence-electron chi connectivity index (χ1n) is 12.1. The van der Waals surface area contributed by atoms with Crippen LogP contribution < -0.4 is 4.90 Å². The van der Waals surface area contributed by atoms with Crippen LogP contribution in [0.1, 0.15) is 76.5 Å². The van der Waals surface area contributed by atoms with E-state index in [4.69, 9.17) is 4.74 Å². The molecule has 1 saturated heterocycles.